The maximum atomic E-state index is 13.0. The van der Waals surface area contributed by atoms with E-state index in [9.17, 15) is 4.79 Å². The second kappa shape index (κ2) is 4.62. The lowest BCUT2D eigenvalue weighted by Gasteiger charge is -2.32. The Morgan fingerprint density at radius 1 is 1.35 bits per heavy atom. The van der Waals surface area contributed by atoms with E-state index in [0.717, 1.165) is 25.2 Å². The Hall–Kier alpha value is -1.29. The van der Waals surface area contributed by atoms with E-state index in [-0.39, 0.29) is 5.91 Å². The van der Waals surface area contributed by atoms with Crippen molar-refractivity contribution in [1.29, 1.82) is 0 Å². The summed E-state index contributed by atoms with van der Waals surface area (Å²) in [4.78, 5) is 15.2. The number of fused-ring (bicyclic) bond motifs is 1. The minimum absolute atomic E-state index is 0.241. The summed E-state index contributed by atoms with van der Waals surface area (Å²) in [6, 6.07) is 5.37. The molecule has 1 amide bonds. The molecule has 3 aliphatic rings. The lowest BCUT2D eigenvalue weighted by atomic mass is 9.93. The number of hydrogen-bond acceptors (Lipinski definition) is 2. The first kappa shape index (κ1) is 12.5. The molecule has 2 saturated heterocycles. The van der Waals surface area contributed by atoms with Crippen LogP contribution in [-0.4, -0.2) is 40.5 Å². The largest absolute Gasteiger partial charge is 0.340 e. The molecule has 3 heterocycles. The van der Waals surface area contributed by atoms with Crippen LogP contribution in [0.5, 0.6) is 0 Å². The standard InChI is InChI=1S/C16H23N3O/c1-11-8-12-9-17-10-15(12)19(11)16(20)14-6-3-7-18(14)13-4-2-5-13/h3,6-7,11-13,15,17H,2,4-5,8-10H2,1H3. The van der Waals surface area contributed by atoms with Gasteiger partial charge < -0.3 is 14.8 Å². The molecule has 0 radical (unpaired) electrons. The second-order valence-electron chi connectivity index (χ2n) is 6.67. The molecule has 2 aliphatic heterocycles. The summed E-state index contributed by atoms with van der Waals surface area (Å²) in [5.74, 6) is 0.895. The first-order valence-corrected chi connectivity index (χ1v) is 7.96. The van der Waals surface area contributed by atoms with E-state index in [1.165, 1.54) is 19.3 Å². The molecular weight excluding hydrogens is 250 g/mol. The molecule has 0 aromatic carbocycles. The third-order valence-electron chi connectivity index (χ3n) is 5.48. The third-order valence-corrected chi connectivity index (χ3v) is 5.48. The van der Waals surface area contributed by atoms with Crippen LogP contribution >= 0.6 is 0 Å². The van der Waals surface area contributed by atoms with E-state index < -0.39 is 0 Å². The number of carbonyl (C=O) groups excluding carboxylic acids is 1. The van der Waals surface area contributed by atoms with Gasteiger partial charge in [-0.1, -0.05) is 0 Å². The van der Waals surface area contributed by atoms with Crippen LogP contribution in [0.1, 0.15) is 49.1 Å². The Kier molecular flexibility index (Phi) is 2.88. The topological polar surface area (TPSA) is 37.3 Å². The average Bonchev–Trinajstić information content (AvgIpc) is 3.01. The second-order valence-corrected chi connectivity index (χ2v) is 6.67. The molecule has 1 aromatic heterocycles. The van der Waals surface area contributed by atoms with E-state index in [4.69, 9.17) is 0 Å². The smallest absolute Gasteiger partial charge is 0.271 e. The molecule has 0 spiro atoms. The quantitative estimate of drug-likeness (QED) is 0.895. The van der Waals surface area contributed by atoms with Gasteiger partial charge in [0, 0.05) is 37.4 Å². The highest BCUT2D eigenvalue weighted by atomic mass is 16.2. The number of nitrogens with zero attached hydrogens (tertiary/aromatic N) is 2. The van der Waals surface area contributed by atoms with Crippen molar-refractivity contribution in [2.45, 2.75) is 50.7 Å². The van der Waals surface area contributed by atoms with Gasteiger partial charge in [-0.05, 0) is 50.7 Å². The Labute approximate surface area is 120 Å². The van der Waals surface area contributed by atoms with Crippen molar-refractivity contribution in [3.63, 3.8) is 0 Å². The normalized spacial score (nSPS) is 33.2. The van der Waals surface area contributed by atoms with Gasteiger partial charge in [0.05, 0.1) is 0 Å². The number of hydrogen-bond donors (Lipinski definition) is 1. The third kappa shape index (κ3) is 1.74. The summed E-state index contributed by atoms with van der Waals surface area (Å²) in [5, 5.41) is 3.43. The molecule has 4 nitrogen and oxygen atoms in total. The minimum atomic E-state index is 0.241. The van der Waals surface area contributed by atoms with Crippen molar-refractivity contribution >= 4 is 5.91 Å². The van der Waals surface area contributed by atoms with Crippen molar-refractivity contribution in [1.82, 2.24) is 14.8 Å². The van der Waals surface area contributed by atoms with Crippen molar-refractivity contribution < 1.29 is 4.79 Å². The monoisotopic (exact) mass is 273 g/mol. The molecule has 20 heavy (non-hydrogen) atoms. The minimum Gasteiger partial charge on any atom is -0.340 e. The summed E-state index contributed by atoms with van der Waals surface area (Å²) < 4.78 is 2.22. The molecule has 1 saturated carbocycles. The van der Waals surface area contributed by atoms with Crippen molar-refractivity contribution in [2.24, 2.45) is 5.92 Å². The molecule has 3 fully saturated rings. The highest BCUT2D eigenvalue weighted by Crippen LogP contribution is 2.36. The summed E-state index contributed by atoms with van der Waals surface area (Å²) in [6.07, 6.45) is 6.97. The van der Waals surface area contributed by atoms with Gasteiger partial charge in [0.15, 0.2) is 0 Å². The van der Waals surface area contributed by atoms with Gasteiger partial charge in [0.25, 0.3) is 5.91 Å². The fourth-order valence-corrected chi connectivity index (χ4v) is 4.21. The van der Waals surface area contributed by atoms with Gasteiger partial charge >= 0.3 is 0 Å². The Bertz CT molecular complexity index is 520. The highest BCUT2D eigenvalue weighted by molar-refractivity contribution is 5.93. The molecule has 4 heteroatoms. The average molecular weight is 273 g/mol. The van der Waals surface area contributed by atoms with Crippen LogP contribution in [0.15, 0.2) is 18.3 Å². The van der Waals surface area contributed by atoms with E-state index in [0.29, 0.717) is 24.0 Å². The summed E-state index contributed by atoms with van der Waals surface area (Å²) >= 11 is 0. The lowest BCUT2D eigenvalue weighted by Crippen LogP contribution is -2.43. The van der Waals surface area contributed by atoms with Crippen LogP contribution in [0.25, 0.3) is 0 Å². The molecule has 108 valence electrons. The van der Waals surface area contributed by atoms with Gasteiger partial charge in [-0.3, -0.25) is 4.79 Å². The first-order chi connectivity index (χ1) is 9.75. The van der Waals surface area contributed by atoms with Gasteiger partial charge in [-0.25, -0.2) is 0 Å². The predicted octanol–water partition coefficient (Wildman–Crippen LogP) is 2.04. The number of carbonyl (C=O) groups is 1. The molecule has 4 rings (SSSR count). The maximum Gasteiger partial charge on any atom is 0.271 e. The Morgan fingerprint density at radius 3 is 2.95 bits per heavy atom. The zero-order valence-corrected chi connectivity index (χ0v) is 12.1. The van der Waals surface area contributed by atoms with Crippen LogP contribution in [-0.2, 0) is 0 Å². The van der Waals surface area contributed by atoms with Crippen LogP contribution in [0.2, 0.25) is 0 Å². The van der Waals surface area contributed by atoms with Gasteiger partial charge in [-0.15, -0.1) is 0 Å². The molecule has 0 bridgehead atoms. The Balaban J connectivity index is 1.62. The lowest BCUT2D eigenvalue weighted by molar-refractivity contribution is 0.0665. The summed E-state index contributed by atoms with van der Waals surface area (Å²) in [6.45, 7) is 4.24. The van der Waals surface area contributed by atoms with E-state index in [1.807, 2.05) is 12.1 Å². The number of aromatic nitrogens is 1. The van der Waals surface area contributed by atoms with Crippen molar-refractivity contribution in [2.75, 3.05) is 13.1 Å². The number of rotatable bonds is 2. The van der Waals surface area contributed by atoms with Gasteiger partial charge in [0.2, 0.25) is 0 Å². The number of likely N-dealkylation sites (tertiary alicyclic amines) is 1. The molecule has 1 N–H and O–H groups in total. The van der Waals surface area contributed by atoms with E-state index >= 15 is 0 Å². The van der Waals surface area contributed by atoms with E-state index in [1.54, 1.807) is 0 Å². The van der Waals surface area contributed by atoms with Gasteiger partial charge in [0.1, 0.15) is 5.69 Å². The zero-order chi connectivity index (χ0) is 13.7. The SMILES string of the molecule is CC1CC2CNCC2N1C(=O)c1cccn1C1CCC1. The maximum absolute atomic E-state index is 13.0. The molecule has 1 aliphatic carbocycles. The van der Waals surface area contributed by atoms with Crippen LogP contribution < -0.4 is 5.32 Å². The number of amides is 1. The molecule has 3 unspecified atom stereocenters. The van der Waals surface area contributed by atoms with E-state index in [2.05, 4.69) is 27.9 Å². The first-order valence-electron chi connectivity index (χ1n) is 7.96. The fraction of sp³-hybridized carbons (Fsp3) is 0.688. The predicted molar refractivity (Wildman–Crippen MR) is 77.7 cm³/mol. The fourth-order valence-electron chi connectivity index (χ4n) is 4.21. The molecule has 3 atom stereocenters. The zero-order valence-electron chi connectivity index (χ0n) is 12.1. The number of nitrogens with one attached hydrogen (secondary N) is 1. The Morgan fingerprint density at radius 2 is 2.20 bits per heavy atom. The van der Waals surface area contributed by atoms with Crippen molar-refractivity contribution in [3.05, 3.63) is 24.0 Å². The summed E-state index contributed by atoms with van der Waals surface area (Å²) in [7, 11) is 0. The molecule has 1 aromatic rings. The summed E-state index contributed by atoms with van der Waals surface area (Å²) in [5.41, 5.74) is 0.897. The van der Waals surface area contributed by atoms with Crippen LogP contribution in [0.3, 0.4) is 0 Å². The molecular formula is C16H23N3O. The van der Waals surface area contributed by atoms with Crippen molar-refractivity contribution in [3.8, 4) is 0 Å². The highest BCUT2D eigenvalue weighted by Gasteiger charge is 2.44. The van der Waals surface area contributed by atoms with Crippen LogP contribution in [0, 0.1) is 5.92 Å². The van der Waals surface area contributed by atoms with Gasteiger partial charge in [-0.2, -0.15) is 0 Å². The van der Waals surface area contributed by atoms with Crippen LogP contribution in [0.4, 0.5) is 0 Å².